The van der Waals surface area contributed by atoms with E-state index in [0.29, 0.717) is 5.75 Å². The lowest BCUT2D eigenvalue weighted by Gasteiger charge is -2.28. The van der Waals surface area contributed by atoms with Crippen molar-refractivity contribution >= 4 is 27.3 Å². The number of anilines is 2. The summed E-state index contributed by atoms with van der Waals surface area (Å²) in [6, 6.07) is 8.89. The summed E-state index contributed by atoms with van der Waals surface area (Å²) in [4.78, 5) is 12.5. The van der Waals surface area contributed by atoms with E-state index in [1.165, 1.54) is 44.4 Å². The largest absolute Gasteiger partial charge is 0.497 e. The Labute approximate surface area is 161 Å². The normalized spacial score (nSPS) is 12.9. The molecule has 0 spiro atoms. The molecule has 0 aliphatic carbocycles. The maximum Gasteiger partial charge on any atom is 0.416 e. The first-order valence-electron chi connectivity index (χ1n) is 8.05. The van der Waals surface area contributed by atoms with Gasteiger partial charge >= 0.3 is 6.18 Å². The Balaban J connectivity index is 2.29. The van der Waals surface area contributed by atoms with Crippen LogP contribution in [0.3, 0.4) is 0 Å². The van der Waals surface area contributed by atoms with E-state index in [1.807, 2.05) is 0 Å². The first-order chi connectivity index (χ1) is 12.9. The number of nitrogens with zero attached hydrogens (tertiary/aromatic N) is 1. The van der Waals surface area contributed by atoms with Crippen molar-refractivity contribution in [1.82, 2.24) is 0 Å². The molecule has 1 amide bonds. The fourth-order valence-corrected chi connectivity index (χ4v) is 3.73. The van der Waals surface area contributed by atoms with Crippen molar-refractivity contribution in [2.24, 2.45) is 0 Å². The summed E-state index contributed by atoms with van der Waals surface area (Å²) in [5, 5.41) is 2.33. The summed E-state index contributed by atoms with van der Waals surface area (Å²) in [7, 11) is -2.40. The molecule has 28 heavy (non-hydrogen) atoms. The minimum atomic E-state index is -4.56. The van der Waals surface area contributed by atoms with E-state index in [1.54, 1.807) is 0 Å². The number of methoxy groups -OCH3 is 1. The lowest BCUT2D eigenvalue weighted by Crippen LogP contribution is -2.45. The molecule has 2 aromatic rings. The predicted molar refractivity (Wildman–Crippen MR) is 99.9 cm³/mol. The van der Waals surface area contributed by atoms with Crippen molar-refractivity contribution in [3.05, 3.63) is 54.1 Å². The van der Waals surface area contributed by atoms with Gasteiger partial charge in [-0.3, -0.25) is 9.10 Å². The van der Waals surface area contributed by atoms with Crippen LogP contribution < -0.4 is 14.4 Å². The van der Waals surface area contributed by atoms with Crippen molar-refractivity contribution in [2.75, 3.05) is 23.0 Å². The third-order valence-electron chi connectivity index (χ3n) is 3.87. The molecule has 10 heteroatoms. The molecule has 1 atom stereocenters. The smallest absolute Gasteiger partial charge is 0.416 e. The zero-order valence-electron chi connectivity index (χ0n) is 15.3. The van der Waals surface area contributed by atoms with Crippen molar-refractivity contribution in [3.8, 4) is 5.75 Å². The number of benzene rings is 2. The van der Waals surface area contributed by atoms with E-state index in [4.69, 9.17) is 4.74 Å². The molecular weight excluding hydrogens is 397 g/mol. The monoisotopic (exact) mass is 416 g/mol. The van der Waals surface area contributed by atoms with Crippen LogP contribution in [0.25, 0.3) is 0 Å². The summed E-state index contributed by atoms with van der Waals surface area (Å²) in [5.41, 5.74) is -0.794. The summed E-state index contributed by atoms with van der Waals surface area (Å²) < 4.78 is 68.8. The molecule has 0 saturated heterocycles. The van der Waals surface area contributed by atoms with E-state index >= 15 is 0 Å². The molecule has 0 radical (unpaired) electrons. The van der Waals surface area contributed by atoms with Crippen molar-refractivity contribution in [2.45, 2.75) is 19.1 Å². The molecular formula is C18H19F3N2O4S. The highest BCUT2D eigenvalue weighted by Crippen LogP contribution is 2.31. The Morgan fingerprint density at radius 3 is 2.25 bits per heavy atom. The van der Waals surface area contributed by atoms with Crippen molar-refractivity contribution in [1.29, 1.82) is 0 Å². The lowest BCUT2D eigenvalue weighted by atomic mass is 10.2. The van der Waals surface area contributed by atoms with Crippen molar-refractivity contribution < 1.29 is 31.1 Å². The number of halogens is 3. The van der Waals surface area contributed by atoms with E-state index in [0.717, 1.165) is 28.8 Å². The van der Waals surface area contributed by atoms with Crippen LogP contribution in [0.4, 0.5) is 24.5 Å². The van der Waals surface area contributed by atoms with Gasteiger partial charge in [0.2, 0.25) is 15.9 Å². The van der Waals surface area contributed by atoms with Gasteiger partial charge in [0, 0.05) is 5.69 Å². The average Bonchev–Trinajstić information content (AvgIpc) is 2.60. The van der Waals surface area contributed by atoms with Gasteiger partial charge in [0.25, 0.3) is 0 Å². The molecule has 0 unspecified atom stereocenters. The second-order valence-electron chi connectivity index (χ2n) is 6.00. The first kappa shape index (κ1) is 21.5. The minimum absolute atomic E-state index is 0.0881. The van der Waals surface area contributed by atoms with Crippen LogP contribution in [0.1, 0.15) is 12.5 Å². The molecule has 6 nitrogen and oxygen atoms in total. The molecule has 2 aromatic carbocycles. The van der Waals surface area contributed by atoms with Gasteiger partial charge in [0.15, 0.2) is 0 Å². The molecule has 152 valence electrons. The van der Waals surface area contributed by atoms with Gasteiger partial charge in [-0.05, 0) is 49.4 Å². The summed E-state index contributed by atoms with van der Waals surface area (Å²) in [6.07, 6.45) is -3.63. The van der Waals surface area contributed by atoms with Crippen LogP contribution in [-0.2, 0) is 21.0 Å². The molecule has 1 N–H and O–H groups in total. The fourth-order valence-electron chi connectivity index (χ4n) is 2.56. The molecule has 0 bridgehead atoms. The SMILES string of the molecule is COc1ccc(N([C@@H](C)C(=O)Nc2cccc(C(F)(F)F)c2)S(C)(=O)=O)cc1. The number of sulfonamides is 1. The van der Waals surface area contributed by atoms with Gasteiger partial charge < -0.3 is 10.1 Å². The van der Waals surface area contributed by atoms with Crippen LogP contribution >= 0.6 is 0 Å². The Bertz CT molecular complexity index is 944. The zero-order chi connectivity index (χ0) is 21.1. The van der Waals surface area contributed by atoms with Gasteiger partial charge in [-0.1, -0.05) is 6.07 Å². The lowest BCUT2D eigenvalue weighted by molar-refractivity contribution is -0.137. The van der Waals surface area contributed by atoms with Crippen LogP contribution in [0.2, 0.25) is 0 Å². The average molecular weight is 416 g/mol. The van der Waals surface area contributed by atoms with Crippen LogP contribution in [0, 0.1) is 0 Å². The van der Waals surface area contributed by atoms with E-state index in [-0.39, 0.29) is 11.4 Å². The highest BCUT2D eigenvalue weighted by molar-refractivity contribution is 7.92. The van der Waals surface area contributed by atoms with Crippen LogP contribution in [0.5, 0.6) is 5.75 Å². The second-order valence-corrected chi connectivity index (χ2v) is 7.86. The number of amides is 1. The third-order valence-corrected chi connectivity index (χ3v) is 5.11. The van der Waals surface area contributed by atoms with E-state index in [9.17, 15) is 26.4 Å². The second kappa shape index (κ2) is 8.09. The van der Waals surface area contributed by atoms with Gasteiger partial charge in [0.05, 0.1) is 24.6 Å². The molecule has 0 saturated carbocycles. The molecule has 0 aromatic heterocycles. The Hall–Kier alpha value is -2.75. The number of ether oxygens (including phenoxy) is 1. The molecule has 0 fully saturated rings. The number of rotatable bonds is 6. The number of nitrogens with one attached hydrogen (secondary N) is 1. The maximum atomic E-state index is 12.8. The van der Waals surface area contributed by atoms with Gasteiger partial charge in [-0.25, -0.2) is 8.42 Å². The summed E-state index contributed by atoms with van der Waals surface area (Å²) >= 11 is 0. The van der Waals surface area contributed by atoms with Crippen LogP contribution in [-0.4, -0.2) is 33.7 Å². The topological polar surface area (TPSA) is 75.7 Å². The molecule has 0 aliphatic heterocycles. The maximum absolute atomic E-state index is 12.8. The molecule has 2 rings (SSSR count). The molecule has 0 heterocycles. The van der Waals surface area contributed by atoms with Crippen molar-refractivity contribution in [3.63, 3.8) is 0 Å². The highest BCUT2D eigenvalue weighted by atomic mass is 32.2. The van der Waals surface area contributed by atoms with Gasteiger partial charge in [-0.15, -0.1) is 0 Å². The summed E-state index contributed by atoms with van der Waals surface area (Å²) in [5.74, 6) is -0.279. The van der Waals surface area contributed by atoms with Crippen LogP contribution in [0.15, 0.2) is 48.5 Å². The number of alkyl halides is 3. The Morgan fingerprint density at radius 2 is 1.75 bits per heavy atom. The summed E-state index contributed by atoms with van der Waals surface area (Å²) in [6.45, 7) is 1.34. The third kappa shape index (κ3) is 5.16. The number of hydrogen-bond acceptors (Lipinski definition) is 4. The van der Waals surface area contributed by atoms with Gasteiger partial charge in [0.1, 0.15) is 11.8 Å². The fraction of sp³-hybridized carbons (Fsp3) is 0.278. The highest BCUT2D eigenvalue weighted by Gasteiger charge is 2.32. The predicted octanol–water partition coefficient (Wildman–Crippen LogP) is 3.51. The van der Waals surface area contributed by atoms with E-state index in [2.05, 4.69) is 5.32 Å². The quantitative estimate of drug-likeness (QED) is 0.782. The van der Waals surface area contributed by atoms with E-state index < -0.39 is 33.7 Å². The molecule has 0 aliphatic rings. The standard InChI is InChI=1S/C18H19F3N2O4S/c1-12(17(24)22-14-6-4-5-13(11-14)18(19,20)21)23(28(3,25)26)15-7-9-16(27-2)10-8-15/h4-12H,1-3H3,(H,22,24)/t12-/m0/s1. The minimum Gasteiger partial charge on any atom is -0.497 e. The first-order valence-corrected chi connectivity index (χ1v) is 9.90. The Morgan fingerprint density at radius 1 is 1.14 bits per heavy atom. The number of hydrogen-bond donors (Lipinski definition) is 1. The number of carbonyl (C=O) groups is 1. The zero-order valence-corrected chi connectivity index (χ0v) is 16.1. The number of carbonyl (C=O) groups excluding carboxylic acids is 1. The van der Waals surface area contributed by atoms with Gasteiger partial charge in [-0.2, -0.15) is 13.2 Å². The Kier molecular flexibility index (Phi) is 6.23.